The smallest absolute Gasteiger partial charge is 0.296 e. The van der Waals surface area contributed by atoms with E-state index in [1.54, 1.807) is 12.4 Å². The van der Waals surface area contributed by atoms with Gasteiger partial charge in [-0.15, -0.1) is 0 Å². The molecule has 0 aliphatic carbocycles. The van der Waals surface area contributed by atoms with Gasteiger partial charge in [0.1, 0.15) is 0 Å². The number of pyridine rings is 1. The zero-order valence-electron chi connectivity index (χ0n) is 9.98. The van der Waals surface area contributed by atoms with Crippen molar-refractivity contribution in [3.05, 3.63) is 50.5 Å². The predicted molar refractivity (Wildman–Crippen MR) is 61.0 cm³/mol. The van der Waals surface area contributed by atoms with Gasteiger partial charge in [-0.1, -0.05) is 20.8 Å². The topological polar surface area (TPSA) is 61.1 Å². The molecule has 0 spiro atoms. The van der Waals surface area contributed by atoms with Crippen LogP contribution in [-0.4, -0.2) is 0 Å². The first kappa shape index (κ1) is 11.5. The number of nitrogens with zero attached hydrogens (tertiary/aromatic N) is 1. The molecule has 0 N–H and O–H groups in total. The van der Waals surface area contributed by atoms with Gasteiger partial charge in [0.15, 0.2) is 12.4 Å². The molecule has 1 aromatic carbocycles. The van der Waals surface area contributed by atoms with E-state index >= 15 is 0 Å². The Hall–Kier alpha value is -1.97. The summed E-state index contributed by atoms with van der Waals surface area (Å²) in [6.45, 7) is 6.22. The Morgan fingerprint density at radius 1 is 1.06 bits per heavy atom. The van der Waals surface area contributed by atoms with E-state index in [0.717, 1.165) is 5.56 Å². The van der Waals surface area contributed by atoms with E-state index in [-0.39, 0.29) is 11.1 Å². The molecule has 2 aromatic rings. The van der Waals surface area contributed by atoms with Crippen molar-refractivity contribution in [1.82, 2.24) is 0 Å². The second-order valence-corrected chi connectivity index (χ2v) is 5.08. The molecule has 0 atom stereocenters. The van der Waals surface area contributed by atoms with Crippen molar-refractivity contribution in [2.45, 2.75) is 26.2 Å². The summed E-state index contributed by atoms with van der Waals surface area (Å²) in [5.74, 6) is -0.705. The van der Waals surface area contributed by atoms with Crippen LogP contribution in [-0.2, 0) is 5.41 Å². The van der Waals surface area contributed by atoms with Crippen LogP contribution in [0.2, 0.25) is 0 Å². The van der Waals surface area contributed by atoms with Gasteiger partial charge in [-0.25, -0.2) is 0 Å². The Morgan fingerprint density at radius 2 is 1.59 bits per heavy atom. The third-order valence-corrected chi connectivity index (χ3v) is 2.80. The van der Waals surface area contributed by atoms with Crippen molar-refractivity contribution < 1.29 is 9.67 Å². The van der Waals surface area contributed by atoms with Crippen LogP contribution < -0.4 is 20.5 Å². The standard InChI is InChI=1S/C13H13NO3/c1-13(2,3)8-4-6-14(7-5-8)9-10(15)12(17)11(9)16/h4-7H,1-3H3. The van der Waals surface area contributed by atoms with Gasteiger partial charge in [0, 0.05) is 17.9 Å². The van der Waals surface area contributed by atoms with E-state index in [2.05, 4.69) is 20.8 Å². The lowest BCUT2D eigenvalue weighted by molar-refractivity contribution is -0.602. The zero-order valence-corrected chi connectivity index (χ0v) is 9.98. The molecule has 0 saturated heterocycles. The van der Waals surface area contributed by atoms with Gasteiger partial charge < -0.3 is 5.11 Å². The third-order valence-electron chi connectivity index (χ3n) is 2.80. The lowest BCUT2D eigenvalue weighted by Gasteiger charge is -2.17. The summed E-state index contributed by atoms with van der Waals surface area (Å²) in [7, 11) is 0. The lowest BCUT2D eigenvalue weighted by atomic mass is 9.88. The molecule has 2 rings (SSSR count). The quantitative estimate of drug-likeness (QED) is 0.510. The van der Waals surface area contributed by atoms with Gasteiger partial charge in [-0.3, -0.25) is 9.59 Å². The molecule has 17 heavy (non-hydrogen) atoms. The van der Waals surface area contributed by atoms with Gasteiger partial charge >= 0.3 is 0 Å². The fraction of sp³-hybridized carbons (Fsp3) is 0.308. The van der Waals surface area contributed by atoms with Crippen molar-refractivity contribution in [2.24, 2.45) is 0 Å². The lowest BCUT2D eigenvalue weighted by Crippen LogP contribution is -2.49. The average molecular weight is 231 g/mol. The number of hydrogen-bond acceptors (Lipinski definition) is 3. The van der Waals surface area contributed by atoms with Crippen LogP contribution in [0.1, 0.15) is 26.3 Å². The van der Waals surface area contributed by atoms with Crippen LogP contribution in [0.3, 0.4) is 0 Å². The Balaban J connectivity index is 2.45. The molecule has 88 valence electrons. The van der Waals surface area contributed by atoms with Gasteiger partial charge in [0.2, 0.25) is 5.43 Å². The van der Waals surface area contributed by atoms with Crippen molar-refractivity contribution in [3.63, 3.8) is 0 Å². The molecule has 1 heterocycles. The molecule has 0 bridgehead atoms. The van der Waals surface area contributed by atoms with Crippen LogP contribution in [0.15, 0.2) is 34.1 Å². The van der Waals surface area contributed by atoms with Gasteiger partial charge in [-0.2, -0.15) is 4.57 Å². The number of aromatic nitrogens is 1. The maximum atomic E-state index is 11.2. The average Bonchev–Trinajstić information content (AvgIpc) is 2.28. The molecule has 0 fully saturated rings. The second-order valence-electron chi connectivity index (χ2n) is 5.08. The Labute approximate surface area is 98.5 Å². The third kappa shape index (κ3) is 1.75. The Bertz CT molecular complexity index is 626. The molecule has 0 saturated carbocycles. The van der Waals surface area contributed by atoms with Crippen molar-refractivity contribution >= 4 is 0 Å². The van der Waals surface area contributed by atoms with Crippen molar-refractivity contribution in [2.75, 3.05) is 0 Å². The molecular formula is C13H13NO3. The molecule has 4 nitrogen and oxygen atoms in total. The Kier molecular flexibility index (Phi) is 2.38. The van der Waals surface area contributed by atoms with Crippen LogP contribution in [0.4, 0.5) is 0 Å². The van der Waals surface area contributed by atoms with Gasteiger partial charge in [0.25, 0.3) is 11.1 Å². The van der Waals surface area contributed by atoms with E-state index in [1.807, 2.05) is 12.1 Å². The maximum absolute atomic E-state index is 11.2. The van der Waals surface area contributed by atoms with Gasteiger partial charge in [0.05, 0.1) is 0 Å². The highest BCUT2D eigenvalue weighted by molar-refractivity contribution is 5.43. The van der Waals surface area contributed by atoms with Crippen LogP contribution in [0.5, 0.6) is 5.75 Å². The molecule has 0 aliphatic heterocycles. The highest BCUT2D eigenvalue weighted by Gasteiger charge is 2.23. The van der Waals surface area contributed by atoms with E-state index in [9.17, 15) is 14.7 Å². The first-order chi connectivity index (χ1) is 7.82. The summed E-state index contributed by atoms with van der Waals surface area (Å²) < 4.78 is 1.40. The normalized spacial score (nSPS) is 11.9. The molecule has 0 amide bonds. The first-order valence-corrected chi connectivity index (χ1v) is 5.35. The highest BCUT2D eigenvalue weighted by atomic mass is 16.3. The molecule has 0 unspecified atom stereocenters. The fourth-order valence-electron chi connectivity index (χ4n) is 1.67. The van der Waals surface area contributed by atoms with Crippen LogP contribution in [0.25, 0.3) is 5.69 Å². The maximum Gasteiger partial charge on any atom is 0.296 e. The minimum Gasteiger partial charge on any atom is -0.865 e. The molecule has 0 radical (unpaired) electrons. The predicted octanol–water partition coefficient (Wildman–Crippen LogP) is -0.0696. The number of rotatable bonds is 1. The summed E-state index contributed by atoms with van der Waals surface area (Å²) in [5.41, 5.74) is -0.584. The van der Waals surface area contributed by atoms with E-state index in [1.165, 1.54) is 4.57 Å². The zero-order chi connectivity index (χ0) is 12.8. The van der Waals surface area contributed by atoms with Gasteiger partial charge in [-0.05, 0) is 11.0 Å². The summed E-state index contributed by atoms with van der Waals surface area (Å²) in [4.78, 5) is 22.1. The molecule has 4 heteroatoms. The van der Waals surface area contributed by atoms with Crippen molar-refractivity contribution in [3.8, 4) is 11.4 Å². The Morgan fingerprint density at radius 3 is 2.00 bits per heavy atom. The minimum atomic E-state index is -0.924. The largest absolute Gasteiger partial charge is 0.865 e. The number of hydrogen-bond donors (Lipinski definition) is 0. The summed E-state index contributed by atoms with van der Waals surface area (Å²) in [5, 5.41) is 11.2. The van der Waals surface area contributed by atoms with Crippen molar-refractivity contribution in [1.29, 1.82) is 0 Å². The summed E-state index contributed by atoms with van der Waals surface area (Å²) in [6, 6.07) is 3.69. The fourth-order valence-corrected chi connectivity index (χ4v) is 1.67. The van der Waals surface area contributed by atoms with E-state index in [4.69, 9.17) is 0 Å². The monoisotopic (exact) mass is 231 g/mol. The molecule has 0 aliphatic rings. The minimum absolute atomic E-state index is 0.00715. The SMILES string of the molecule is CC(C)(C)c1cc[n+](-c2c([O-])c(=O)c2=O)cc1. The van der Waals surface area contributed by atoms with E-state index < -0.39 is 16.6 Å². The van der Waals surface area contributed by atoms with Crippen LogP contribution >= 0.6 is 0 Å². The second kappa shape index (κ2) is 3.52. The van der Waals surface area contributed by atoms with E-state index in [0.29, 0.717) is 0 Å². The highest BCUT2D eigenvalue weighted by Crippen LogP contribution is 2.20. The molecular weight excluding hydrogens is 218 g/mol. The first-order valence-electron chi connectivity index (χ1n) is 5.35. The molecule has 1 aromatic heterocycles. The summed E-state index contributed by atoms with van der Waals surface area (Å²) >= 11 is 0. The van der Waals surface area contributed by atoms with Crippen LogP contribution in [0, 0.1) is 0 Å². The summed E-state index contributed by atoms with van der Waals surface area (Å²) in [6.07, 6.45) is 3.27.